The van der Waals surface area contributed by atoms with E-state index in [0.717, 1.165) is 0 Å². The van der Waals surface area contributed by atoms with Crippen LogP contribution in [0.1, 0.15) is 5.56 Å². The molecule has 0 atom stereocenters. The number of rotatable bonds is 7. The number of alkyl halides is 2. The molecule has 2 aromatic rings. The molecule has 0 aliphatic heterocycles. The lowest BCUT2D eigenvalue weighted by Crippen LogP contribution is -2.29. The van der Waals surface area contributed by atoms with Crippen molar-refractivity contribution in [2.45, 2.75) is 18.1 Å². The fourth-order valence-electron chi connectivity index (χ4n) is 1.98. The summed E-state index contributed by atoms with van der Waals surface area (Å²) in [5, 5.41) is 2.81. The molecule has 0 saturated heterocycles. The van der Waals surface area contributed by atoms with E-state index >= 15 is 0 Å². The maximum Gasteiger partial charge on any atom is 0.387 e. The van der Waals surface area contributed by atoms with Crippen LogP contribution in [-0.2, 0) is 21.2 Å². The molecule has 0 radical (unpaired) electrons. The van der Waals surface area contributed by atoms with Crippen LogP contribution in [0.4, 0.5) is 8.78 Å². The fourth-order valence-corrected chi connectivity index (χ4v) is 3.27. The van der Waals surface area contributed by atoms with Crippen LogP contribution < -0.4 is 10.1 Å². The average Bonchev–Trinajstić information content (AvgIpc) is 2.53. The first-order valence-corrected chi connectivity index (χ1v) is 9.08. The minimum atomic E-state index is -3.80. The molecule has 0 fully saturated rings. The first-order valence-electron chi connectivity index (χ1n) is 7.05. The lowest BCUT2D eigenvalue weighted by atomic mass is 10.2. The number of amides is 1. The van der Waals surface area contributed by atoms with Crippen molar-refractivity contribution >= 4 is 27.3 Å². The fraction of sp³-hybridized carbons (Fsp3) is 0.188. The zero-order valence-corrected chi connectivity index (χ0v) is 14.4. The van der Waals surface area contributed by atoms with Crippen molar-refractivity contribution in [1.29, 1.82) is 0 Å². The molecule has 134 valence electrons. The van der Waals surface area contributed by atoms with Gasteiger partial charge < -0.3 is 10.1 Å². The summed E-state index contributed by atoms with van der Waals surface area (Å²) in [5.41, 5.74) is 0.496. The Morgan fingerprint density at radius 1 is 1.16 bits per heavy atom. The van der Waals surface area contributed by atoms with E-state index in [-0.39, 0.29) is 17.2 Å². The van der Waals surface area contributed by atoms with Gasteiger partial charge in [-0.3, -0.25) is 4.79 Å². The Kier molecular flexibility index (Phi) is 6.33. The SMILES string of the molecule is O=C(CS(=O)(=O)c1ccc(Cl)cc1)NCc1cccc(OC(F)F)c1. The lowest BCUT2D eigenvalue weighted by molar-refractivity contribution is -0.118. The molecule has 9 heteroatoms. The van der Waals surface area contributed by atoms with Crippen molar-refractivity contribution in [3.05, 3.63) is 59.1 Å². The molecule has 1 amide bonds. The van der Waals surface area contributed by atoms with Crippen LogP contribution >= 0.6 is 11.6 Å². The largest absolute Gasteiger partial charge is 0.435 e. The number of nitrogens with one attached hydrogen (secondary N) is 1. The van der Waals surface area contributed by atoms with Gasteiger partial charge >= 0.3 is 6.61 Å². The smallest absolute Gasteiger partial charge is 0.387 e. The molecule has 0 aliphatic rings. The summed E-state index contributed by atoms with van der Waals surface area (Å²) in [5.74, 6) is -1.49. The number of hydrogen-bond acceptors (Lipinski definition) is 4. The van der Waals surface area contributed by atoms with Crippen LogP contribution in [0.5, 0.6) is 5.75 Å². The molecule has 0 heterocycles. The van der Waals surface area contributed by atoms with Crippen molar-refractivity contribution < 1.29 is 26.7 Å². The monoisotopic (exact) mass is 389 g/mol. The molecule has 2 aromatic carbocycles. The van der Waals surface area contributed by atoms with Gasteiger partial charge in [-0.25, -0.2) is 8.42 Å². The molecule has 25 heavy (non-hydrogen) atoms. The Bertz CT molecular complexity index is 841. The van der Waals surface area contributed by atoms with Gasteiger partial charge in [-0.05, 0) is 42.0 Å². The molecule has 5 nitrogen and oxygen atoms in total. The van der Waals surface area contributed by atoms with Gasteiger partial charge in [0, 0.05) is 11.6 Å². The second-order valence-corrected chi connectivity index (χ2v) is 7.44. The van der Waals surface area contributed by atoms with Crippen molar-refractivity contribution in [2.24, 2.45) is 0 Å². The number of ether oxygens (including phenoxy) is 1. The number of hydrogen-bond donors (Lipinski definition) is 1. The van der Waals surface area contributed by atoms with Crippen LogP contribution in [0.3, 0.4) is 0 Å². The molecule has 0 aromatic heterocycles. The Morgan fingerprint density at radius 2 is 1.84 bits per heavy atom. The van der Waals surface area contributed by atoms with E-state index in [2.05, 4.69) is 10.1 Å². The topological polar surface area (TPSA) is 72.5 Å². The van der Waals surface area contributed by atoms with Gasteiger partial charge in [-0.2, -0.15) is 8.78 Å². The highest BCUT2D eigenvalue weighted by atomic mass is 35.5. The highest BCUT2D eigenvalue weighted by Crippen LogP contribution is 2.17. The van der Waals surface area contributed by atoms with Crippen LogP contribution in [0.15, 0.2) is 53.4 Å². The summed E-state index contributed by atoms with van der Waals surface area (Å²) in [6.07, 6.45) is 0. The number of benzene rings is 2. The summed E-state index contributed by atoms with van der Waals surface area (Å²) >= 11 is 5.70. The third-order valence-electron chi connectivity index (χ3n) is 3.11. The predicted molar refractivity (Wildman–Crippen MR) is 88.4 cm³/mol. The second kappa shape index (κ2) is 8.26. The number of halogens is 3. The van der Waals surface area contributed by atoms with E-state index in [1.165, 1.54) is 42.5 Å². The maximum absolute atomic E-state index is 12.2. The van der Waals surface area contributed by atoms with Gasteiger partial charge in [0.15, 0.2) is 9.84 Å². The van der Waals surface area contributed by atoms with Crippen LogP contribution in [0.25, 0.3) is 0 Å². The van der Waals surface area contributed by atoms with Gasteiger partial charge in [-0.15, -0.1) is 0 Å². The van der Waals surface area contributed by atoms with Gasteiger partial charge in [-0.1, -0.05) is 23.7 Å². The summed E-state index contributed by atoms with van der Waals surface area (Å²) in [4.78, 5) is 11.9. The molecule has 2 rings (SSSR count). The van der Waals surface area contributed by atoms with Crippen LogP contribution in [-0.4, -0.2) is 26.7 Å². The zero-order chi connectivity index (χ0) is 18.4. The Morgan fingerprint density at radius 3 is 2.48 bits per heavy atom. The minimum Gasteiger partial charge on any atom is -0.435 e. The Hall–Kier alpha value is -2.19. The van der Waals surface area contributed by atoms with Crippen LogP contribution in [0, 0.1) is 0 Å². The van der Waals surface area contributed by atoms with Gasteiger partial charge in [0.2, 0.25) is 5.91 Å². The minimum absolute atomic E-state index is 0.0145. The van der Waals surface area contributed by atoms with E-state index in [0.29, 0.717) is 10.6 Å². The third kappa shape index (κ3) is 5.99. The normalized spacial score (nSPS) is 11.4. The first-order chi connectivity index (χ1) is 11.8. The van der Waals surface area contributed by atoms with Gasteiger partial charge in [0.1, 0.15) is 11.5 Å². The number of carbonyl (C=O) groups is 1. The Balaban J connectivity index is 1.95. The molecule has 0 bridgehead atoms. The summed E-state index contributed by atoms with van der Waals surface area (Å²) in [6.45, 7) is -2.97. The first kappa shape index (κ1) is 19.1. The summed E-state index contributed by atoms with van der Waals surface area (Å²) < 4.78 is 52.9. The lowest BCUT2D eigenvalue weighted by Gasteiger charge is -2.09. The van der Waals surface area contributed by atoms with E-state index < -0.39 is 28.1 Å². The molecular weight excluding hydrogens is 376 g/mol. The molecular formula is C16H14ClF2NO4S. The number of carbonyl (C=O) groups excluding carboxylic acids is 1. The highest BCUT2D eigenvalue weighted by Gasteiger charge is 2.19. The summed E-state index contributed by atoms with van der Waals surface area (Å²) in [6, 6.07) is 11.2. The quantitative estimate of drug-likeness (QED) is 0.790. The maximum atomic E-state index is 12.2. The van der Waals surface area contributed by atoms with Crippen molar-refractivity contribution in [1.82, 2.24) is 5.32 Å². The average molecular weight is 390 g/mol. The van der Waals surface area contributed by atoms with E-state index in [1.54, 1.807) is 6.07 Å². The van der Waals surface area contributed by atoms with Gasteiger partial charge in [0.05, 0.1) is 4.90 Å². The molecule has 0 saturated carbocycles. The Labute approximate surface area is 148 Å². The molecule has 0 unspecified atom stereocenters. The van der Waals surface area contributed by atoms with E-state index in [1.807, 2.05) is 0 Å². The molecule has 0 aliphatic carbocycles. The molecule has 0 spiro atoms. The van der Waals surface area contributed by atoms with E-state index in [9.17, 15) is 22.0 Å². The van der Waals surface area contributed by atoms with Crippen molar-refractivity contribution in [3.63, 3.8) is 0 Å². The zero-order valence-electron chi connectivity index (χ0n) is 12.8. The van der Waals surface area contributed by atoms with Crippen molar-refractivity contribution in [2.75, 3.05) is 5.75 Å². The number of sulfone groups is 1. The third-order valence-corrected chi connectivity index (χ3v) is 4.99. The summed E-state index contributed by atoms with van der Waals surface area (Å²) in [7, 11) is -3.80. The molecule has 1 N–H and O–H groups in total. The highest BCUT2D eigenvalue weighted by molar-refractivity contribution is 7.92. The van der Waals surface area contributed by atoms with Crippen LogP contribution in [0.2, 0.25) is 5.02 Å². The second-order valence-electron chi connectivity index (χ2n) is 5.02. The standard InChI is InChI=1S/C16H14ClF2NO4S/c17-12-4-6-14(7-5-12)25(22,23)10-15(21)20-9-11-2-1-3-13(8-11)24-16(18)19/h1-8,16H,9-10H2,(H,20,21). The van der Waals surface area contributed by atoms with Gasteiger partial charge in [0.25, 0.3) is 0 Å². The van der Waals surface area contributed by atoms with E-state index in [4.69, 9.17) is 11.6 Å². The van der Waals surface area contributed by atoms with Crippen molar-refractivity contribution in [3.8, 4) is 5.75 Å². The predicted octanol–water partition coefficient (Wildman–Crippen LogP) is 3.03.